The van der Waals surface area contributed by atoms with Crippen LogP contribution in [0.3, 0.4) is 0 Å². The molecular formula is C60H40. The summed E-state index contributed by atoms with van der Waals surface area (Å²) < 4.78 is 0. The number of rotatable bonds is 7. The highest BCUT2D eigenvalue weighted by Gasteiger charge is 2.23. The average molecular weight is 761 g/mol. The number of fused-ring (bicyclic) bond motifs is 3. The summed E-state index contributed by atoms with van der Waals surface area (Å²) in [5.41, 5.74) is 17.0. The van der Waals surface area contributed by atoms with Gasteiger partial charge >= 0.3 is 0 Å². The van der Waals surface area contributed by atoms with Crippen molar-refractivity contribution in [2.45, 2.75) is 0 Å². The number of benzene rings is 11. The first-order valence-corrected chi connectivity index (χ1v) is 20.8. The molecule has 0 bridgehead atoms. The van der Waals surface area contributed by atoms with Gasteiger partial charge < -0.3 is 0 Å². The lowest BCUT2D eigenvalue weighted by Crippen LogP contribution is -1.95. The second-order valence-corrected chi connectivity index (χ2v) is 15.5. The molecule has 0 spiro atoms. The molecule has 0 aliphatic rings. The van der Waals surface area contributed by atoms with E-state index >= 15 is 0 Å². The van der Waals surface area contributed by atoms with E-state index in [1.165, 1.54) is 110 Å². The molecule has 0 saturated heterocycles. The lowest BCUT2D eigenvalue weighted by atomic mass is 9.81. The van der Waals surface area contributed by atoms with Crippen LogP contribution in [-0.2, 0) is 0 Å². The second kappa shape index (κ2) is 15.2. The Hall–Kier alpha value is -7.80. The number of hydrogen-bond acceptors (Lipinski definition) is 0. The monoisotopic (exact) mass is 760 g/mol. The smallest absolute Gasteiger partial charge is 0.00201 e. The summed E-state index contributed by atoms with van der Waals surface area (Å²) in [5, 5.41) is 7.38. The second-order valence-electron chi connectivity index (χ2n) is 15.5. The van der Waals surface area contributed by atoms with Crippen molar-refractivity contribution in [3.63, 3.8) is 0 Å². The third-order valence-corrected chi connectivity index (χ3v) is 12.1. The fourth-order valence-corrected chi connectivity index (χ4v) is 9.45. The fraction of sp³-hybridized carbons (Fsp3) is 0. The van der Waals surface area contributed by atoms with Crippen LogP contribution in [-0.4, -0.2) is 0 Å². The van der Waals surface area contributed by atoms with E-state index in [9.17, 15) is 0 Å². The van der Waals surface area contributed by atoms with Gasteiger partial charge in [-0.2, -0.15) is 0 Å². The van der Waals surface area contributed by atoms with Crippen molar-refractivity contribution in [1.82, 2.24) is 0 Å². The molecule has 0 N–H and O–H groups in total. The van der Waals surface area contributed by atoms with Crippen molar-refractivity contribution < 1.29 is 0 Å². The molecule has 0 unspecified atom stereocenters. The fourth-order valence-electron chi connectivity index (χ4n) is 9.45. The van der Waals surface area contributed by atoms with Gasteiger partial charge in [-0.15, -0.1) is 0 Å². The van der Waals surface area contributed by atoms with Gasteiger partial charge in [0.1, 0.15) is 0 Å². The molecule has 0 nitrogen and oxygen atoms in total. The third kappa shape index (κ3) is 6.09. The van der Waals surface area contributed by atoms with Crippen molar-refractivity contribution in [3.8, 4) is 77.9 Å². The van der Waals surface area contributed by atoms with Crippen LogP contribution in [0.25, 0.3) is 110 Å². The van der Waals surface area contributed by atoms with E-state index in [-0.39, 0.29) is 0 Å². The Kier molecular flexibility index (Phi) is 8.95. The van der Waals surface area contributed by atoms with Gasteiger partial charge in [-0.05, 0) is 116 Å². The largest absolute Gasteiger partial charge is 0.0622 e. The van der Waals surface area contributed by atoms with Crippen molar-refractivity contribution >= 4 is 32.3 Å². The van der Waals surface area contributed by atoms with Gasteiger partial charge in [0, 0.05) is 0 Å². The van der Waals surface area contributed by atoms with E-state index in [2.05, 4.69) is 243 Å². The molecule has 11 rings (SSSR count). The molecule has 0 heteroatoms. The zero-order chi connectivity index (χ0) is 39.8. The van der Waals surface area contributed by atoms with E-state index in [4.69, 9.17) is 0 Å². The molecule has 280 valence electrons. The maximum Gasteiger partial charge on any atom is -0.00201 e. The Morgan fingerprint density at radius 1 is 0.167 bits per heavy atom. The Morgan fingerprint density at radius 3 is 0.867 bits per heavy atom. The van der Waals surface area contributed by atoms with Gasteiger partial charge in [0.15, 0.2) is 0 Å². The summed E-state index contributed by atoms with van der Waals surface area (Å²) in [7, 11) is 0. The molecule has 0 fully saturated rings. The van der Waals surface area contributed by atoms with Gasteiger partial charge in [-0.1, -0.05) is 237 Å². The van der Waals surface area contributed by atoms with E-state index < -0.39 is 0 Å². The molecule has 0 aliphatic carbocycles. The van der Waals surface area contributed by atoms with E-state index in [1.54, 1.807) is 0 Å². The van der Waals surface area contributed by atoms with Crippen molar-refractivity contribution in [2.75, 3.05) is 0 Å². The Labute approximate surface area is 351 Å². The Balaban J connectivity index is 1.32. The summed E-state index contributed by atoms with van der Waals surface area (Å²) in [6.07, 6.45) is 0. The van der Waals surface area contributed by atoms with Gasteiger partial charge in [-0.25, -0.2) is 0 Å². The van der Waals surface area contributed by atoms with E-state index in [1.807, 2.05) is 0 Å². The van der Waals surface area contributed by atoms with Crippen LogP contribution in [0.15, 0.2) is 243 Å². The Morgan fingerprint density at radius 2 is 0.450 bits per heavy atom. The van der Waals surface area contributed by atoms with Crippen molar-refractivity contribution in [1.29, 1.82) is 0 Å². The highest BCUT2D eigenvalue weighted by molar-refractivity contribution is 6.23. The molecule has 11 aromatic carbocycles. The summed E-state index contributed by atoms with van der Waals surface area (Å²) in [5.74, 6) is 0. The van der Waals surface area contributed by atoms with E-state index in [0.717, 1.165) is 0 Å². The van der Waals surface area contributed by atoms with E-state index in [0.29, 0.717) is 0 Å². The molecule has 0 radical (unpaired) electrons. The summed E-state index contributed by atoms with van der Waals surface area (Å²) in [6, 6.07) is 88.9. The summed E-state index contributed by atoms with van der Waals surface area (Å²) in [6.45, 7) is 0. The molecule has 0 saturated carbocycles. The van der Waals surface area contributed by atoms with Gasteiger partial charge in [0.2, 0.25) is 0 Å². The van der Waals surface area contributed by atoms with Crippen LogP contribution in [0.5, 0.6) is 0 Å². The summed E-state index contributed by atoms with van der Waals surface area (Å²) in [4.78, 5) is 0. The first-order valence-electron chi connectivity index (χ1n) is 20.8. The quantitative estimate of drug-likeness (QED) is 0.142. The highest BCUT2D eigenvalue weighted by atomic mass is 14.3. The maximum absolute atomic E-state index is 2.50. The van der Waals surface area contributed by atoms with Crippen molar-refractivity contribution in [2.24, 2.45) is 0 Å². The highest BCUT2D eigenvalue weighted by Crippen LogP contribution is 2.50. The van der Waals surface area contributed by atoms with Gasteiger partial charge in [-0.3, -0.25) is 0 Å². The maximum atomic E-state index is 2.50. The average Bonchev–Trinajstić information content (AvgIpc) is 3.33. The van der Waals surface area contributed by atoms with Gasteiger partial charge in [0.25, 0.3) is 0 Å². The molecule has 0 aliphatic heterocycles. The molecule has 60 heavy (non-hydrogen) atoms. The zero-order valence-corrected chi connectivity index (χ0v) is 33.1. The number of hydrogen-bond donors (Lipinski definition) is 0. The molecule has 11 aromatic rings. The molecule has 0 amide bonds. The zero-order valence-electron chi connectivity index (χ0n) is 33.1. The predicted octanol–water partition coefficient (Wildman–Crippen LogP) is 16.8. The lowest BCUT2D eigenvalue weighted by Gasteiger charge is -2.22. The van der Waals surface area contributed by atoms with Crippen molar-refractivity contribution in [3.05, 3.63) is 243 Å². The van der Waals surface area contributed by atoms with Gasteiger partial charge in [0.05, 0.1) is 0 Å². The minimum Gasteiger partial charge on any atom is -0.0622 e. The first kappa shape index (κ1) is 35.4. The molecular weight excluding hydrogens is 721 g/mol. The minimum atomic E-state index is 1.20. The first-order chi connectivity index (χ1) is 29.8. The molecule has 0 heterocycles. The summed E-state index contributed by atoms with van der Waals surface area (Å²) >= 11 is 0. The van der Waals surface area contributed by atoms with Crippen LogP contribution >= 0.6 is 0 Å². The van der Waals surface area contributed by atoms with Crippen LogP contribution in [0.2, 0.25) is 0 Å². The standard InChI is InChI=1S/C60H40/c1-5-20-42(21-6-1)47-31-16-32-48(43-22-7-2-8-23-43)58(47)52-36-18-38-54-56(52)40-57-53(37-19-39-55(57)60(54)51-35-15-29-41-28-13-14-30-46(41)51)59-49(44-24-9-3-10-25-44)33-17-34-50(59)45-26-11-4-12-27-45/h1-40H. The lowest BCUT2D eigenvalue weighted by molar-refractivity contribution is 1.57. The Bertz CT molecular complexity index is 3020. The third-order valence-electron chi connectivity index (χ3n) is 12.1. The van der Waals surface area contributed by atoms with Crippen LogP contribution < -0.4 is 0 Å². The minimum absolute atomic E-state index is 1.20. The predicted molar refractivity (Wildman–Crippen MR) is 257 cm³/mol. The van der Waals surface area contributed by atoms with Crippen LogP contribution in [0.1, 0.15) is 0 Å². The molecule has 0 atom stereocenters. The van der Waals surface area contributed by atoms with Crippen LogP contribution in [0, 0.1) is 0 Å². The normalized spacial score (nSPS) is 11.3. The SMILES string of the molecule is c1ccc(-c2cccc(-c3ccccc3)c2-c2cccc3c(-c4cccc5ccccc45)c4cccc(-c5c(-c6ccccc6)cccc5-c5ccccc5)c4cc23)cc1. The topological polar surface area (TPSA) is 0 Å². The van der Waals surface area contributed by atoms with Crippen LogP contribution in [0.4, 0.5) is 0 Å². The molecule has 0 aromatic heterocycles.